The van der Waals surface area contributed by atoms with Crippen LogP contribution in [-0.2, 0) is 0 Å². The molecule has 1 unspecified atom stereocenters. The number of rotatable bonds is 2. The fourth-order valence-corrected chi connectivity index (χ4v) is 3.30. The summed E-state index contributed by atoms with van der Waals surface area (Å²) in [5, 5.41) is 9.44. The molecule has 3 rings (SSSR count). The van der Waals surface area contributed by atoms with Gasteiger partial charge in [0, 0.05) is 11.7 Å². The van der Waals surface area contributed by atoms with Gasteiger partial charge in [0.15, 0.2) is 0 Å². The van der Waals surface area contributed by atoms with Crippen LogP contribution in [0.1, 0.15) is 19.3 Å². The van der Waals surface area contributed by atoms with Crippen LogP contribution in [0.15, 0.2) is 30.3 Å². The number of anilines is 1. The molecule has 4 heteroatoms. The lowest BCUT2D eigenvalue weighted by Gasteiger charge is -2.31. The van der Waals surface area contributed by atoms with Crippen molar-refractivity contribution in [3.05, 3.63) is 30.3 Å². The third-order valence-corrected chi connectivity index (χ3v) is 4.32. The predicted molar refractivity (Wildman–Crippen MR) is 76.1 cm³/mol. The van der Waals surface area contributed by atoms with Gasteiger partial charge in [0.25, 0.3) is 0 Å². The minimum Gasteiger partial charge on any atom is -0.335 e. The molecule has 1 aliphatic carbocycles. The third kappa shape index (κ3) is 3.07. The highest BCUT2D eigenvalue weighted by molar-refractivity contribution is 5.89. The highest BCUT2D eigenvalue weighted by Crippen LogP contribution is 2.32. The van der Waals surface area contributed by atoms with Gasteiger partial charge in [0.1, 0.15) is 0 Å². The average molecular weight is 259 g/mol. The van der Waals surface area contributed by atoms with Gasteiger partial charge in [-0.15, -0.1) is 0 Å². The zero-order valence-electron chi connectivity index (χ0n) is 11.1. The SMILES string of the molecule is O=C(Nc1ccccc1)NC1CC[C@H]2CNC[C@H]2C1. The first kappa shape index (κ1) is 12.5. The van der Waals surface area contributed by atoms with Crippen molar-refractivity contribution in [1.29, 1.82) is 0 Å². The Morgan fingerprint density at radius 3 is 2.74 bits per heavy atom. The van der Waals surface area contributed by atoms with E-state index in [1.54, 1.807) is 0 Å². The standard InChI is InChI=1S/C15H21N3O/c19-15(17-13-4-2-1-3-5-13)18-14-7-6-11-9-16-10-12(11)8-14/h1-5,11-12,14,16H,6-10H2,(H2,17,18,19)/t11-,12+,14?/m0/s1. The van der Waals surface area contributed by atoms with E-state index in [2.05, 4.69) is 16.0 Å². The van der Waals surface area contributed by atoms with E-state index in [1.807, 2.05) is 30.3 Å². The smallest absolute Gasteiger partial charge is 0.319 e. The third-order valence-electron chi connectivity index (χ3n) is 4.32. The normalized spacial score (nSPS) is 29.6. The predicted octanol–water partition coefficient (Wildman–Crippen LogP) is 2.20. The van der Waals surface area contributed by atoms with Gasteiger partial charge in [-0.25, -0.2) is 4.79 Å². The Labute approximate surface area is 114 Å². The van der Waals surface area contributed by atoms with Crippen molar-refractivity contribution in [2.75, 3.05) is 18.4 Å². The Bertz CT molecular complexity index is 434. The first-order chi connectivity index (χ1) is 9.31. The van der Waals surface area contributed by atoms with Crippen LogP contribution < -0.4 is 16.0 Å². The van der Waals surface area contributed by atoms with Gasteiger partial charge in [-0.05, 0) is 56.3 Å². The molecular formula is C15H21N3O. The van der Waals surface area contributed by atoms with Crippen LogP contribution in [0, 0.1) is 11.8 Å². The topological polar surface area (TPSA) is 53.2 Å². The molecule has 3 N–H and O–H groups in total. The maximum atomic E-state index is 11.9. The highest BCUT2D eigenvalue weighted by Gasteiger charge is 2.34. The second-order valence-corrected chi connectivity index (χ2v) is 5.65. The number of nitrogens with one attached hydrogen (secondary N) is 3. The monoisotopic (exact) mass is 259 g/mol. The van der Waals surface area contributed by atoms with Gasteiger partial charge in [-0.3, -0.25) is 0 Å². The van der Waals surface area contributed by atoms with Gasteiger partial charge in [0.2, 0.25) is 0 Å². The fraction of sp³-hybridized carbons (Fsp3) is 0.533. The van der Waals surface area contributed by atoms with Gasteiger partial charge in [-0.1, -0.05) is 18.2 Å². The molecule has 3 atom stereocenters. The Balaban J connectivity index is 1.50. The van der Waals surface area contributed by atoms with E-state index in [-0.39, 0.29) is 6.03 Å². The minimum atomic E-state index is -0.0828. The van der Waals surface area contributed by atoms with E-state index in [9.17, 15) is 4.79 Å². The van der Waals surface area contributed by atoms with Crippen LogP contribution in [0.2, 0.25) is 0 Å². The molecule has 1 saturated heterocycles. The number of hydrogen-bond acceptors (Lipinski definition) is 2. The summed E-state index contributed by atoms with van der Waals surface area (Å²) in [5.74, 6) is 1.58. The molecule has 1 aromatic carbocycles. The molecule has 4 nitrogen and oxygen atoms in total. The lowest BCUT2D eigenvalue weighted by molar-refractivity contribution is 0.224. The van der Waals surface area contributed by atoms with Crippen molar-refractivity contribution in [2.24, 2.45) is 11.8 Å². The molecule has 2 aliphatic rings. The fourth-order valence-electron chi connectivity index (χ4n) is 3.30. The maximum absolute atomic E-state index is 11.9. The Morgan fingerprint density at radius 1 is 1.11 bits per heavy atom. The van der Waals surface area contributed by atoms with Crippen molar-refractivity contribution in [2.45, 2.75) is 25.3 Å². The number of para-hydroxylation sites is 1. The molecule has 1 heterocycles. The lowest BCUT2D eigenvalue weighted by atomic mass is 9.79. The molecule has 19 heavy (non-hydrogen) atoms. The van der Waals surface area contributed by atoms with Crippen molar-refractivity contribution < 1.29 is 4.79 Å². The van der Waals surface area contributed by atoms with Crippen LogP contribution in [0.3, 0.4) is 0 Å². The Kier molecular flexibility index (Phi) is 3.69. The largest absolute Gasteiger partial charge is 0.335 e. The number of hydrogen-bond donors (Lipinski definition) is 3. The number of fused-ring (bicyclic) bond motifs is 1. The van der Waals surface area contributed by atoms with Gasteiger partial charge in [0.05, 0.1) is 0 Å². The summed E-state index contributed by atoms with van der Waals surface area (Å²) >= 11 is 0. The average Bonchev–Trinajstić information content (AvgIpc) is 2.87. The molecule has 0 spiro atoms. The quantitative estimate of drug-likeness (QED) is 0.762. The second kappa shape index (κ2) is 5.61. The molecule has 1 saturated carbocycles. The minimum absolute atomic E-state index is 0.0828. The van der Waals surface area contributed by atoms with Crippen LogP contribution in [0.5, 0.6) is 0 Å². The summed E-state index contributed by atoms with van der Waals surface area (Å²) in [5.41, 5.74) is 0.844. The number of carbonyl (C=O) groups is 1. The van der Waals surface area contributed by atoms with Crippen molar-refractivity contribution >= 4 is 11.7 Å². The lowest BCUT2D eigenvalue weighted by Crippen LogP contribution is -2.42. The summed E-state index contributed by atoms with van der Waals surface area (Å²) in [7, 11) is 0. The summed E-state index contributed by atoms with van der Waals surface area (Å²) < 4.78 is 0. The molecule has 2 fully saturated rings. The Hall–Kier alpha value is -1.55. The summed E-state index contributed by atoms with van der Waals surface area (Å²) in [4.78, 5) is 11.9. The van der Waals surface area contributed by atoms with Crippen molar-refractivity contribution in [3.8, 4) is 0 Å². The van der Waals surface area contributed by atoms with E-state index >= 15 is 0 Å². The van der Waals surface area contributed by atoms with Gasteiger partial charge >= 0.3 is 6.03 Å². The Morgan fingerprint density at radius 2 is 1.89 bits per heavy atom. The number of benzene rings is 1. The zero-order chi connectivity index (χ0) is 13.1. The summed E-state index contributed by atoms with van der Waals surface area (Å²) in [6.45, 7) is 2.27. The van der Waals surface area contributed by atoms with Gasteiger partial charge < -0.3 is 16.0 Å². The number of amides is 2. The second-order valence-electron chi connectivity index (χ2n) is 5.65. The molecule has 1 aromatic rings. The molecule has 0 radical (unpaired) electrons. The number of carbonyl (C=O) groups excluding carboxylic acids is 1. The van der Waals surface area contributed by atoms with E-state index in [0.717, 1.165) is 43.5 Å². The summed E-state index contributed by atoms with van der Waals surface area (Å²) in [6, 6.07) is 9.83. The number of urea groups is 1. The van der Waals surface area contributed by atoms with Crippen LogP contribution in [-0.4, -0.2) is 25.2 Å². The van der Waals surface area contributed by atoms with E-state index in [0.29, 0.717) is 6.04 Å². The molecule has 0 bridgehead atoms. The maximum Gasteiger partial charge on any atom is 0.319 e. The first-order valence-corrected chi connectivity index (χ1v) is 7.14. The first-order valence-electron chi connectivity index (χ1n) is 7.14. The summed E-state index contributed by atoms with van der Waals surface area (Å²) in [6.07, 6.45) is 3.44. The van der Waals surface area contributed by atoms with Crippen LogP contribution in [0.25, 0.3) is 0 Å². The van der Waals surface area contributed by atoms with E-state index < -0.39 is 0 Å². The van der Waals surface area contributed by atoms with Crippen LogP contribution >= 0.6 is 0 Å². The van der Waals surface area contributed by atoms with Gasteiger partial charge in [-0.2, -0.15) is 0 Å². The zero-order valence-corrected chi connectivity index (χ0v) is 11.1. The van der Waals surface area contributed by atoms with Crippen LogP contribution in [0.4, 0.5) is 10.5 Å². The highest BCUT2D eigenvalue weighted by atomic mass is 16.2. The van der Waals surface area contributed by atoms with Crippen molar-refractivity contribution in [1.82, 2.24) is 10.6 Å². The van der Waals surface area contributed by atoms with E-state index in [4.69, 9.17) is 0 Å². The van der Waals surface area contributed by atoms with Crippen molar-refractivity contribution in [3.63, 3.8) is 0 Å². The van der Waals surface area contributed by atoms with E-state index in [1.165, 1.54) is 6.42 Å². The molecule has 102 valence electrons. The molecular weight excluding hydrogens is 238 g/mol. The molecule has 0 aromatic heterocycles. The molecule has 2 amide bonds. The molecule has 1 aliphatic heterocycles.